The van der Waals surface area contributed by atoms with Crippen LogP contribution >= 0.6 is 0 Å². The number of allylic oxidation sites excluding steroid dienone is 6. The van der Waals surface area contributed by atoms with Crippen LogP contribution in [0.1, 0.15) is 46.0 Å². The van der Waals surface area contributed by atoms with E-state index in [0.29, 0.717) is 0 Å². The molecule has 0 saturated heterocycles. The van der Waals surface area contributed by atoms with E-state index >= 15 is 0 Å². The Balaban J connectivity index is 3.26. The van der Waals surface area contributed by atoms with Crippen molar-refractivity contribution in [2.75, 3.05) is 0 Å². The summed E-state index contributed by atoms with van der Waals surface area (Å²) in [5, 5.41) is 0. The van der Waals surface area contributed by atoms with Crippen molar-refractivity contribution in [3.05, 3.63) is 36.5 Å². The highest BCUT2D eigenvalue weighted by atomic mass is 13.8. The van der Waals surface area contributed by atoms with Crippen molar-refractivity contribution in [1.29, 1.82) is 0 Å². The first-order valence-corrected chi connectivity index (χ1v) is 5.36. The van der Waals surface area contributed by atoms with Crippen LogP contribution in [0.5, 0.6) is 0 Å². The van der Waals surface area contributed by atoms with Gasteiger partial charge in [0.2, 0.25) is 0 Å². The molecule has 0 fully saturated rings. The van der Waals surface area contributed by atoms with E-state index in [1.807, 2.05) is 0 Å². The summed E-state index contributed by atoms with van der Waals surface area (Å²) in [7, 11) is 0. The second-order valence-corrected chi connectivity index (χ2v) is 3.08. The zero-order valence-corrected chi connectivity index (χ0v) is 9.00. The van der Waals surface area contributed by atoms with E-state index in [9.17, 15) is 0 Å². The molecule has 0 rings (SSSR count). The lowest BCUT2D eigenvalue weighted by Gasteiger charge is -1.84. The van der Waals surface area contributed by atoms with E-state index < -0.39 is 0 Å². The molecule has 0 aromatic heterocycles. The molecule has 0 radical (unpaired) electrons. The summed E-state index contributed by atoms with van der Waals surface area (Å²) in [5.74, 6) is 0. The molecule has 0 atom stereocenters. The molecule has 0 aromatic rings. The zero-order valence-electron chi connectivity index (χ0n) is 9.00. The van der Waals surface area contributed by atoms with Gasteiger partial charge < -0.3 is 0 Å². The first kappa shape index (κ1) is 12.2. The maximum atomic E-state index is 2.26. The van der Waals surface area contributed by atoms with Crippen LogP contribution in [0.25, 0.3) is 0 Å². The number of hydrogen-bond donors (Lipinski definition) is 0. The minimum Gasteiger partial charge on any atom is -0.0885 e. The van der Waals surface area contributed by atoms with Gasteiger partial charge in [-0.15, -0.1) is 0 Å². The molecule has 0 aliphatic heterocycles. The Labute approximate surface area is 83.0 Å². The predicted octanol–water partition coefficient (Wildman–Crippen LogP) is 4.65. The Morgan fingerprint density at radius 1 is 0.692 bits per heavy atom. The Morgan fingerprint density at radius 3 is 1.77 bits per heavy atom. The van der Waals surface area contributed by atoms with Crippen LogP contribution in [-0.2, 0) is 0 Å². The minimum absolute atomic E-state index is 1.08. The molecule has 0 heterocycles. The van der Waals surface area contributed by atoms with Gasteiger partial charge in [0.05, 0.1) is 0 Å². The van der Waals surface area contributed by atoms with Crippen molar-refractivity contribution < 1.29 is 0 Å². The van der Waals surface area contributed by atoms with Gasteiger partial charge >= 0.3 is 0 Å². The SMILES string of the molecule is CCC=CCC=CCC=CCCC. The summed E-state index contributed by atoms with van der Waals surface area (Å²) >= 11 is 0. The highest BCUT2D eigenvalue weighted by Gasteiger charge is 1.73. The topological polar surface area (TPSA) is 0 Å². The van der Waals surface area contributed by atoms with Crippen molar-refractivity contribution in [2.45, 2.75) is 46.0 Å². The maximum absolute atomic E-state index is 2.26. The van der Waals surface area contributed by atoms with Crippen LogP contribution in [-0.4, -0.2) is 0 Å². The summed E-state index contributed by atoms with van der Waals surface area (Å²) in [6.07, 6.45) is 19.1. The molecule has 0 aliphatic carbocycles. The van der Waals surface area contributed by atoms with Gasteiger partial charge in [-0.3, -0.25) is 0 Å². The molecular weight excluding hydrogens is 156 g/mol. The molecule has 0 N–H and O–H groups in total. The van der Waals surface area contributed by atoms with Gasteiger partial charge in [0.15, 0.2) is 0 Å². The van der Waals surface area contributed by atoms with Gasteiger partial charge in [0, 0.05) is 0 Å². The normalized spacial score (nSPS) is 12.5. The van der Waals surface area contributed by atoms with Gasteiger partial charge in [-0.05, 0) is 25.7 Å². The van der Waals surface area contributed by atoms with E-state index in [1.165, 1.54) is 12.8 Å². The van der Waals surface area contributed by atoms with Crippen molar-refractivity contribution in [3.63, 3.8) is 0 Å². The molecule has 0 spiro atoms. The average molecular weight is 178 g/mol. The van der Waals surface area contributed by atoms with E-state index in [1.54, 1.807) is 0 Å². The quantitative estimate of drug-likeness (QED) is 0.498. The molecule has 0 heteroatoms. The number of rotatable bonds is 7. The molecule has 0 amide bonds. The fraction of sp³-hybridized carbons (Fsp3) is 0.538. The van der Waals surface area contributed by atoms with Gasteiger partial charge in [-0.25, -0.2) is 0 Å². The lowest BCUT2D eigenvalue weighted by molar-refractivity contribution is 0.954. The molecule has 74 valence electrons. The highest BCUT2D eigenvalue weighted by molar-refractivity contribution is 4.96. The third-order valence-electron chi connectivity index (χ3n) is 1.74. The largest absolute Gasteiger partial charge is 0.0885 e. The lowest BCUT2D eigenvalue weighted by atomic mass is 10.2. The van der Waals surface area contributed by atoms with Crippen molar-refractivity contribution in [1.82, 2.24) is 0 Å². The fourth-order valence-corrected chi connectivity index (χ4v) is 0.993. The van der Waals surface area contributed by atoms with Crippen molar-refractivity contribution >= 4 is 0 Å². The second-order valence-electron chi connectivity index (χ2n) is 3.08. The summed E-state index contributed by atoms with van der Waals surface area (Å²) in [6.45, 7) is 4.36. The monoisotopic (exact) mass is 178 g/mol. The molecule has 0 nitrogen and oxygen atoms in total. The van der Waals surface area contributed by atoms with Gasteiger partial charge in [-0.2, -0.15) is 0 Å². The fourth-order valence-electron chi connectivity index (χ4n) is 0.993. The molecule has 0 unspecified atom stereocenters. The Hall–Kier alpha value is -0.780. The van der Waals surface area contributed by atoms with E-state index in [2.05, 4.69) is 50.3 Å². The van der Waals surface area contributed by atoms with Crippen molar-refractivity contribution in [2.24, 2.45) is 0 Å². The van der Waals surface area contributed by atoms with Crippen LogP contribution in [0, 0.1) is 0 Å². The zero-order chi connectivity index (χ0) is 9.78. The van der Waals surface area contributed by atoms with Gasteiger partial charge in [0.1, 0.15) is 0 Å². The minimum atomic E-state index is 1.08. The van der Waals surface area contributed by atoms with E-state index in [4.69, 9.17) is 0 Å². The Morgan fingerprint density at radius 2 is 1.23 bits per heavy atom. The Bertz CT molecular complexity index is 161. The molecule has 0 bridgehead atoms. The molecular formula is C13H22. The summed E-state index contributed by atoms with van der Waals surface area (Å²) in [4.78, 5) is 0. The molecule has 0 saturated carbocycles. The lowest BCUT2D eigenvalue weighted by Crippen LogP contribution is -1.63. The van der Waals surface area contributed by atoms with Gasteiger partial charge in [0.25, 0.3) is 0 Å². The molecule has 0 aromatic carbocycles. The van der Waals surface area contributed by atoms with Crippen molar-refractivity contribution in [3.8, 4) is 0 Å². The standard InChI is InChI=1S/C13H22/c1-3-5-7-9-11-13-12-10-8-6-4-2/h5,7-8,10-11,13H,3-4,6,9,12H2,1-2H3. The average Bonchev–Trinajstić information content (AvgIpc) is 2.16. The van der Waals surface area contributed by atoms with Crippen LogP contribution < -0.4 is 0 Å². The number of unbranched alkanes of at least 4 members (excludes halogenated alkanes) is 1. The molecule has 13 heavy (non-hydrogen) atoms. The summed E-state index contributed by atoms with van der Waals surface area (Å²) in [6, 6.07) is 0. The van der Waals surface area contributed by atoms with E-state index in [-0.39, 0.29) is 0 Å². The Kier molecular flexibility index (Phi) is 10.5. The smallest absolute Gasteiger partial charge is 0.0169 e. The molecule has 0 aliphatic rings. The van der Waals surface area contributed by atoms with Gasteiger partial charge in [-0.1, -0.05) is 56.7 Å². The first-order valence-electron chi connectivity index (χ1n) is 5.36. The van der Waals surface area contributed by atoms with Crippen LogP contribution in [0.2, 0.25) is 0 Å². The maximum Gasteiger partial charge on any atom is -0.0169 e. The summed E-state index contributed by atoms with van der Waals surface area (Å²) < 4.78 is 0. The van der Waals surface area contributed by atoms with Crippen LogP contribution in [0.3, 0.4) is 0 Å². The summed E-state index contributed by atoms with van der Waals surface area (Å²) in [5.41, 5.74) is 0. The third kappa shape index (κ3) is 11.2. The third-order valence-corrected chi connectivity index (χ3v) is 1.74. The first-order chi connectivity index (χ1) is 6.41. The number of hydrogen-bond acceptors (Lipinski definition) is 0. The predicted molar refractivity (Wildman–Crippen MR) is 61.9 cm³/mol. The van der Waals surface area contributed by atoms with E-state index in [0.717, 1.165) is 19.3 Å². The van der Waals surface area contributed by atoms with Crippen LogP contribution in [0.15, 0.2) is 36.5 Å². The highest BCUT2D eigenvalue weighted by Crippen LogP contribution is 1.94. The second kappa shape index (κ2) is 11.2. The van der Waals surface area contributed by atoms with Crippen LogP contribution in [0.4, 0.5) is 0 Å².